The molecule has 4 aliphatic heterocycles. The molecule has 1 aliphatic carbocycles. The van der Waals surface area contributed by atoms with Crippen LogP contribution < -0.4 is 18.9 Å². The fraction of sp³-hybridized carbons (Fsp3) is 0.606. The van der Waals surface area contributed by atoms with Crippen LogP contribution in [0.15, 0.2) is 24.3 Å². The van der Waals surface area contributed by atoms with Gasteiger partial charge in [-0.05, 0) is 112 Å². The molecule has 5 aliphatic rings. The molecule has 1 N–H and O–H groups in total. The van der Waals surface area contributed by atoms with E-state index < -0.39 is 0 Å². The van der Waals surface area contributed by atoms with Gasteiger partial charge in [0.25, 0.3) is 0 Å². The van der Waals surface area contributed by atoms with Crippen molar-refractivity contribution in [3.63, 3.8) is 0 Å². The molecule has 9 heteroatoms. The quantitative estimate of drug-likeness (QED) is 0.477. The zero-order chi connectivity index (χ0) is 28.8. The Labute approximate surface area is 247 Å². The number of methoxy groups -OCH3 is 2. The second kappa shape index (κ2) is 11.5. The molecule has 2 aromatic rings. The number of hydrogen-bond acceptors (Lipinski definition) is 9. The molecular weight excluding hydrogens is 536 g/mol. The Balaban J connectivity index is 1.19. The van der Waals surface area contributed by atoms with Crippen molar-refractivity contribution in [2.75, 3.05) is 60.3 Å². The third kappa shape index (κ3) is 4.84. The average Bonchev–Trinajstić information content (AvgIpc) is 3.65. The maximum Gasteiger partial charge on any atom is 0.310 e. The number of phenolic OH excluding ortho intramolecular Hbond substituents is 1. The molecular formula is C33H42N2O7. The average molecular weight is 579 g/mol. The van der Waals surface area contributed by atoms with Gasteiger partial charge in [-0.1, -0.05) is 6.42 Å². The predicted molar refractivity (Wildman–Crippen MR) is 156 cm³/mol. The summed E-state index contributed by atoms with van der Waals surface area (Å²) < 4.78 is 28.4. The van der Waals surface area contributed by atoms with Crippen LogP contribution in [0.1, 0.15) is 67.1 Å². The summed E-state index contributed by atoms with van der Waals surface area (Å²) in [6.07, 6.45) is 7.48. The molecule has 0 aromatic heterocycles. The molecule has 0 radical (unpaired) electrons. The number of cyclic esters (lactones) is 1. The van der Waals surface area contributed by atoms with E-state index in [0.717, 1.165) is 49.0 Å². The van der Waals surface area contributed by atoms with E-state index in [1.54, 1.807) is 0 Å². The minimum absolute atomic E-state index is 0.0343. The Morgan fingerprint density at radius 1 is 0.881 bits per heavy atom. The Bertz CT molecular complexity index is 1290. The number of rotatable bonds is 7. The minimum Gasteiger partial charge on any atom is -0.502 e. The Hall–Kier alpha value is -3.17. The molecule has 2 aromatic carbocycles. The van der Waals surface area contributed by atoms with Crippen LogP contribution in [0.5, 0.6) is 28.7 Å². The highest BCUT2D eigenvalue weighted by molar-refractivity contribution is 5.79. The molecule has 3 fully saturated rings. The molecule has 0 bridgehead atoms. The molecule has 0 saturated carbocycles. The van der Waals surface area contributed by atoms with Crippen molar-refractivity contribution in [3.8, 4) is 28.7 Å². The van der Waals surface area contributed by atoms with Gasteiger partial charge in [-0.2, -0.15) is 0 Å². The number of fused-ring (bicyclic) bond motifs is 3. The maximum absolute atomic E-state index is 13.4. The van der Waals surface area contributed by atoms with Gasteiger partial charge in [0.2, 0.25) is 12.5 Å². The number of carbonyl (C=O) groups is 1. The van der Waals surface area contributed by atoms with Crippen LogP contribution in [0.2, 0.25) is 0 Å². The van der Waals surface area contributed by atoms with E-state index in [0.29, 0.717) is 23.9 Å². The summed E-state index contributed by atoms with van der Waals surface area (Å²) in [6, 6.07) is 8.53. The van der Waals surface area contributed by atoms with E-state index >= 15 is 0 Å². The highest BCUT2D eigenvalue weighted by atomic mass is 16.7. The predicted octanol–water partition coefficient (Wildman–Crippen LogP) is 4.50. The van der Waals surface area contributed by atoms with Crippen molar-refractivity contribution in [2.45, 2.75) is 56.4 Å². The van der Waals surface area contributed by atoms with Crippen LogP contribution in [0, 0.1) is 11.8 Å². The van der Waals surface area contributed by atoms with Gasteiger partial charge in [-0.15, -0.1) is 0 Å². The van der Waals surface area contributed by atoms with Crippen LogP contribution in [0.25, 0.3) is 0 Å². The van der Waals surface area contributed by atoms with E-state index in [1.165, 1.54) is 65.0 Å². The van der Waals surface area contributed by atoms with E-state index in [9.17, 15) is 9.90 Å². The molecule has 1 unspecified atom stereocenters. The van der Waals surface area contributed by atoms with E-state index in [4.69, 9.17) is 23.7 Å². The standard InChI is InChI=1S/C33H42N2O7/c1-38-28-14-20(15-29(39-2)32(28)36)30-24-17-27-26(41-19-42-27)16-23(24)22(25-18-40-33(37)31(25)30)8-13-34-11-6-21(7-12-34)35-9-4-3-5-10-35/h14-17,21-22,25,30-31,36H,3-13,18-19H2,1-2H3/t22-,25?,30-,31+/m1/s1. The van der Waals surface area contributed by atoms with Crippen LogP contribution in [-0.4, -0.2) is 87.3 Å². The summed E-state index contributed by atoms with van der Waals surface area (Å²) in [4.78, 5) is 18.8. The number of nitrogens with zero attached hydrogens (tertiary/aromatic N) is 2. The lowest BCUT2D eigenvalue weighted by Gasteiger charge is -2.42. The molecule has 0 amide bonds. The zero-order valence-corrected chi connectivity index (χ0v) is 24.7. The first-order valence-corrected chi connectivity index (χ1v) is 15.6. The fourth-order valence-corrected chi connectivity index (χ4v) is 8.25. The molecule has 4 heterocycles. The number of phenols is 1. The van der Waals surface area contributed by atoms with Gasteiger partial charge in [-0.25, -0.2) is 0 Å². The molecule has 4 atom stereocenters. The molecule has 0 spiro atoms. The number of likely N-dealkylation sites (tertiary alicyclic amines) is 2. The number of ether oxygens (including phenoxy) is 5. The van der Waals surface area contributed by atoms with Crippen molar-refractivity contribution >= 4 is 5.97 Å². The lowest BCUT2D eigenvalue weighted by molar-refractivity contribution is -0.141. The van der Waals surface area contributed by atoms with E-state index in [2.05, 4.69) is 15.9 Å². The maximum atomic E-state index is 13.4. The molecule has 226 valence electrons. The molecule has 9 nitrogen and oxygen atoms in total. The van der Waals surface area contributed by atoms with Gasteiger partial charge in [0.15, 0.2) is 23.0 Å². The summed E-state index contributed by atoms with van der Waals surface area (Å²) in [5, 5.41) is 10.6. The number of piperidine rings is 2. The van der Waals surface area contributed by atoms with Crippen molar-refractivity contribution < 1.29 is 33.6 Å². The van der Waals surface area contributed by atoms with Crippen molar-refractivity contribution in [2.24, 2.45) is 11.8 Å². The van der Waals surface area contributed by atoms with Gasteiger partial charge in [0.1, 0.15) is 0 Å². The highest BCUT2D eigenvalue weighted by Crippen LogP contribution is 2.57. The van der Waals surface area contributed by atoms with Crippen LogP contribution in [-0.2, 0) is 9.53 Å². The first-order valence-electron chi connectivity index (χ1n) is 15.6. The summed E-state index contributed by atoms with van der Waals surface area (Å²) in [6.45, 7) is 6.36. The third-order valence-corrected chi connectivity index (χ3v) is 10.4. The Morgan fingerprint density at radius 3 is 2.21 bits per heavy atom. The summed E-state index contributed by atoms with van der Waals surface area (Å²) >= 11 is 0. The first-order chi connectivity index (χ1) is 20.6. The van der Waals surface area contributed by atoms with Crippen molar-refractivity contribution in [3.05, 3.63) is 41.0 Å². The fourth-order valence-electron chi connectivity index (χ4n) is 8.25. The van der Waals surface area contributed by atoms with Crippen LogP contribution in [0.3, 0.4) is 0 Å². The van der Waals surface area contributed by atoms with E-state index in [-0.39, 0.29) is 42.2 Å². The zero-order valence-electron chi connectivity index (χ0n) is 24.7. The number of carbonyl (C=O) groups excluding carboxylic acids is 1. The topological polar surface area (TPSA) is 89.9 Å². The van der Waals surface area contributed by atoms with Crippen LogP contribution >= 0.6 is 0 Å². The highest BCUT2D eigenvalue weighted by Gasteiger charge is 2.52. The largest absolute Gasteiger partial charge is 0.502 e. The van der Waals surface area contributed by atoms with Gasteiger partial charge < -0.3 is 38.6 Å². The number of esters is 1. The second-order valence-corrected chi connectivity index (χ2v) is 12.5. The number of benzene rings is 2. The number of hydrogen-bond donors (Lipinski definition) is 1. The van der Waals surface area contributed by atoms with Crippen LogP contribution in [0.4, 0.5) is 0 Å². The molecule has 42 heavy (non-hydrogen) atoms. The SMILES string of the molecule is COc1cc([C@@H]2c3cc4c(cc3[C@@H](CCN3CCC(N5CCCCC5)CC3)C3COC(=O)[C@@H]32)OCO4)cc(OC)c1O. The molecule has 7 rings (SSSR count). The third-order valence-electron chi connectivity index (χ3n) is 10.4. The lowest BCUT2D eigenvalue weighted by atomic mass is 9.62. The first kappa shape index (κ1) is 27.7. The summed E-state index contributed by atoms with van der Waals surface area (Å²) in [5.74, 6) is 1.37. The Kier molecular flexibility index (Phi) is 7.56. The lowest BCUT2D eigenvalue weighted by Crippen LogP contribution is -2.47. The summed E-state index contributed by atoms with van der Waals surface area (Å²) in [7, 11) is 3.03. The monoisotopic (exact) mass is 578 g/mol. The second-order valence-electron chi connectivity index (χ2n) is 12.5. The number of aromatic hydroxyl groups is 1. The molecule has 3 saturated heterocycles. The van der Waals surface area contributed by atoms with E-state index in [1.807, 2.05) is 18.2 Å². The van der Waals surface area contributed by atoms with Crippen molar-refractivity contribution in [1.29, 1.82) is 0 Å². The summed E-state index contributed by atoms with van der Waals surface area (Å²) in [5.41, 5.74) is 3.08. The minimum atomic E-state index is -0.355. The van der Waals surface area contributed by atoms with Crippen molar-refractivity contribution in [1.82, 2.24) is 9.80 Å². The van der Waals surface area contributed by atoms with Gasteiger partial charge in [-0.3, -0.25) is 4.79 Å². The van der Waals surface area contributed by atoms with Gasteiger partial charge in [0.05, 0.1) is 26.7 Å². The van der Waals surface area contributed by atoms with Gasteiger partial charge >= 0.3 is 5.97 Å². The Morgan fingerprint density at radius 2 is 1.55 bits per heavy atom. The normalized spacial score (nSPS) is 27.8. The smallest absolute Gasteiger partial charge is 0.310 e. The van der Waals surface area contributed by atoms with Gasteiger partial charge in [0, 0.05) is 17.9 Å².